The fraction of sp³-hybridized carbons (Fsp3) is 0.526. The van der Waals surface area contributed by atoms with E-state index < -0.39 is 40.2 Å². The first-order valence-corrected chi connectivity index (χ1v) is 8.64. The Morgan fingerprint density at radius 3 is 2.54 bits per heavy atom. The second kappa shape index (κ2) is 8.40. The molecule has 1 saturated carbocycles. The molecule has 0 atom stereocenters. The molecule has 28 heavy (non-hydrogen) atoms. The van der Waals surface area contributed by atoms with Gasteiger partial charge in [0.1, 0.15) is 17.0 Å². The predicted octanol–water partition coefficient (Wildman–Crippen LogP) is 3.49. The lowest BCUT2D eigenvalue weighted by Crippen LogP contribution is -2.35. The van der Waals surface area contributed by atoms with Crippen LogP contribution in [0.3, 0.4) is 0 Å². The molecule has 0 radical (unpaired) electrons. The fourth-order valence-corrected chi connectivity index (χ4v) is 2.80. The first-order chi connectivity index (χ1) is 13.0. The smallest absolute Gasteiger partial charge is 0.433 e. The lowest BCUT2D eigenvalue weighted by Gasteiger charge is -2.29. The Morgan fingerprint density at radius 1 is 1.25 bits per heavy atom. The van der Waals surface area contributed by atoms with Gasteiger partial charge in [-0.2, -0.15) is 13.2 Å². The summed E-state index contributed by atoms with van der Waals surface area (Å²) in [5.74, 6) is -1.77. The number of nitrogens with zero attached hydrogens (tertiary/aromatic N) is 1. The van der Waals surface area contributed by atoms with Crippen LogP contribution in [0.15, 0.2) is 17.7 Å². The number of aliphatic hydroxyl groups is 1. The van der Waals surface area contributed by atoms with Crippen LogP contribution < -0.4 is 0 Å². The maximum Gasteiger partial charge on any atom is 0.433 e. The number of methoxy groups -OCH3 is 1. The van der Waals surface area contributed by atoms with E-state index >= 15 is 0 Å². The summed E-state index contributed by atoms with van der Waals surface area (Å²) in [4.78, 5) is 28.4. The van der Waals surface area contributed by atoms with Crippen LogP contribution in [0, 0.1) is 5.41 Å². The van der Waals surface area contributed by atoms with Gasteiger partial charge < -0.3 is 14.6 Å². The summed E-state index contributed by atoms with van der Waals surface area (Å²) in [6, 6.07) is 1.68. The van der Waals surface area contributed by atoms with Crippen molar-refractivity contribution in [1.82, 2.24) is 4.98 Å². The van der Waals surface area contributed by atoms with Crippen LogP contribution in [0.5, 0.6) is 0 Å². The molecule has 1 fully saturated rings. The van der Waals surface area contributed by atoms with Gasteiger partial charge in [-0.25, -0.2) is 4.98 Å². The highest BCUT2D eigenvalue weighted by Gasteiger charge is 2.41. The zero-order chi connectivity index (χ0) is 21.1. The number of ketones is 2. The number of halogens is 3. The van der Waals surface area contributed by atoms with Crippen LogP contribution in [-0.4, -0.2) is 42.0 Å². The number of carbonyl (C=O) groups is 2. The third-order valence-electron chi connectivity index (χ3n) is 4.52. The molecule has 0 unspecified atom stereocenters. The molecular weight excluding hydrogens is 379 g/mol. The Bertz CT molecular complexity index is 799. The van der Waals surface area contributed by atoms with Crippen molar-refractivity contribution >= 4 is 17.3 Å². The summed E-state index contributed by atoms with van der Waals surface area (Å²) in [5.41, 5.74) is -2.79. The molecule has 1 aliphatic rings. The van der Waals surface area contributed by atoms with Gasteiger partial charge in [0.05, 0.1) is 25.5 Å². The first-order valence-electron chi connectivity index (χ1n) is 8.64. The summed E-state index contributed by atoms with van der Waals surface area (Å²) in [5, 5.41) is 10.6. The monoisotopic (exact) mass is 401 g/mol. The number of allylic oxidation sites excluding steroid dienone is 1. The number of carbonyl (C=O) groups excluding carboxylic acids is 2. The van der Waals surface area contributed by atoms with Crippen LogP contribution in [0.1, 0.15) is 43.6 Å². The standard InChI is InChI=1S/C19H22F3NO5/c1-18(2)7-6-13(24)15(17(18)26)16(25)11-4-5-14(19(20,21)22)23-12(11)10-28-9-8-27-3/h4-5,25H,6-10H2,1-3H3/b16-15+. The summed E-state index contributed by atoms with van der Waals surface area (Å²) in [6.07, 6.45) is -4.30. The summed E-state index contributed by atoms with van der Waals surface area (Å²) < 4.78 is 49.1. The molecule has 0 aliphatic heterocycles. The third-order valence-corrected chi connectivity index (χ3v) is 4.52. The van der Waals surface area contributed by atoms with Gasteiger partial charge in [-0.3, -0.25) is 9.59 Å². The lowest BCUT2D eigenvalue weighted by atomic mass is 9.72. The van der Waals surface area contributed by atoms with E-state index in [1.807, 2.05) is 0 Å². The summed E-state index contributed by atoms with van der Waals surface area (Å²) in [7, 11) is 1.44. The van der Waals surface area contributed by atoms with Crippen LogP contribution in [0.2, 0.25) is 0 Å². The van der Waals surface area contributed by atoms with Crippen molar-refractivity contribution < 1.29 is 37.3 Å². The van der Waals surface area contributed by atoms with Crippen molar-refractivity contribution in [2.24, 2.45) is 5.41 Å². The van der Waals surface area contributed by atoms with Gasteiger partial charge in [-0.05, 0) is 18.6 Å². The molecule has 2 rings (SSSR count). The number of hydrogen-bond acceptors (Lipinski definition) is 6. The topological polar surface area (TPSA) is 85.7 Å². The Morgan fingerprint density at radius 2 is 1.93 bits per heavy atom. The zero-order valence-corrected chi connectivity index (χ0v) is 15.9. The highest BCUT2D eigenvalue weighted by atomic mass is 19.4. The number of rotatable bonds is 6. The zero-order valence-electron chi connectivity index (χ0n) is 15.9. The molecule has 6 nitrogen and oxygen atoms in total. The number of pyridine rings is 1. The maximum atomic E-state index is 13.0. The van der Waals surface area contributed by atoms with Crippen LogP contribution in [-0.2, 0) is 31.8 Å². The number of hydrogen-bond donors (Lipinski definition) is 1. The second-order valence-corrected chi connectivity index (χ2v) is 7.09. The van der Waals surface area contributed by atoms with E-state index in [-0.39, 0.29) is 37.5 Å². The molecule has 154 valence electrons. The van der Waals surface area contributed by atoms with Gasteiger partial charge >= 0.3 is 6.18 Å². The Hall–Kier alpha value is -2.26. The Labute approximate surface area is 160 Å². The van der Waals surface area contributed by atoms with Crippen LogP contribution >= 0.6 is 0 Å². The van der Waals surface area contributed by atoms with Crippen molar-refractivity contribution in [3.8, 4) is 0 Å². The molecule has 1 aromatic heterocycles. The van der Waals surface area contributed by atoms with Gasteiger partial charge in [0.2, 0.25) is 0 Å². The van der Waals surface area contributed by atoms with Gasteiger partial charge in [-0.15, -0.1) is 0 Å². The molecule has 0 bridgehead atoms. The van der Waals surface area contributed by atoms with E-state index in [0.29, 0.717) is 12.5 Å². The molecule has 0 saturated heterocycles. The van der Waals surface area contributed by atoms with Crippen molar-refractivity contribution in [3.05, 3.63) is 34.7 Å². The van der Waals surface area contributed by atoms with Crippen molar-refractivity contribution in [1.29, 1.82) is 0 Å². The molecule has 0 amide bonds. The Kier molecular flexibility index (Phi) is 6.61. The van der Waals surface area contributed by atoms with Gasteiger partial charge in [0.25, 0.3) is 0 Å². The first kappa shape index (κ1) is 22.0. The van der Waals surface area contributed by atoms with Crippen LogP contribution in [0.25, 0.3) is 5.76 Å². The molecule has 1 heterocycles. The van der Waals surface area contributed by atoms with Gasteiger partial charge in [0, 0.05) is 24.5 Å². The SMILES string of the molecule is COCCOCc1nc(C(F)(F)F)ccc1/C(O)=C1/C(=O)CCC(C)(C)C1=O. The molecule has 1 N–H and O–H groups in total. The van der Waals surface area contributed by atoms with Crippen LogP contribution in [0.4, 0.5) is 13.2 Å². The molecule has 0 spiro atoms. The average molecular weight is 401 g/mol. The van der Waals surface area contributed by atoms with E-state index in [4.69, 9.17) is 9.47 Å². The molecule has 0 aromatic carbocycles. The van der Waals surface area contributed by atoms with Gasteiger partial charge in [0.15, 0.2) is 11.6 Å². The molecule has 9 heteroatoms. The summed E-state index contributed by atoms with van der Waals surface area (Å²) in [6.45, 7) is 3.25. The number of ether oxygens (including phenoxy) is 2. The average Bonchev–Trinajstić information content (AvgIpc) is 2.61. The van der Waals surface area contributed by atoms with Crippen molar-refractivity contribution in [3.63, 3.8) is 0 Å². The quantitative estimate of drug-likeness (QED) is 0.340. The Balaban J connectivity index is 2.52. The number of Topliss-reactive ketones (excluding diaryl/α,β-unsaturated/α-hetero) is 2. The van der Waals surface area contributed by atoms with E-state index in [0.717, 1.165) is 6.07 Å². The molecule has 1 aliphatic carbocycles. The number of aliphatic hydroxyl groups excluding tert-OH is 1. The molecule has 1 aromatic rings. The van der Waals surface area contributed by atoms with Crippen molar-refractivity contribution in [2.45, 2.75) is 39.5 Å². The van der Waals surface area contributed by atoms with E-state index in [1.165, 1.54) is 7.11 Å². The molecular formula is C19H22F3NO5. The van der Waals surface area contributed by atoms with Gasteiger partial charge in [-0.1, -0.05) is 13.8 Å². The summed E-state index contributed by atoms with van der Waals surface area (Å²) >= 11 is 0. The largest absolute Gasteiger partial charge is 0.506 e. The third kappa shape index (κ3) is 4.77. The van der Waals surface area contributed by atoms with E-state index in [1.54, 1.807) is 13.8 Å². The lowest BCUT2D eigenvalue weighted by molar-refractivity contribution is -0.141. The highest BCUT2D eigenvalue weighted by molar-refractivity contribution is 6.27. The van der Waals surface area contributed by atoms with Crippen molar-refractivity contribution in [2.75, 3.05) is 20.3 Å². The normalized spacial score (nSPS) is 19.1. The maximum absolute atomic E-state index is 13.0. The van der Waals surface area contributed by atoms with E-state index in [2.05, 4.69) is 4.98 Å². The predicted molar refractivity (Wildman–Crippen MR) is 93.3 cm³/mol. The second-order valence-electron chi connectivity index (χ2n) is 7.09. The van der Waals surface area contributed by atoms with E-state index in [9.17, 15) is 27.9 Å². The number of alkyl halides is 3. The number of aromatic nitrogens is 1. The fourth-order valence-electron chi connectivity index (χ4n) is 2.80. The minimum Gasteiger partial charge on any atom is -0.506 e. The minimum absolute atomic E-state index is 0.0614. The minimum atomic E-state index is -4.69. The highest BCUT2D eigenvalue weighted by Crippen LogP contribution is 2.37.